The number of hydrogen-bond acceptors (Lipinski definition) is 7. The van der Waals surface area contributed by atoms with Crippen LogP contribution in [0.15, 0.2) is 5.03 Å². The first-order chi connectivity index (χ1) is 11.9. The summed E-state index contributed by atoms with van der Waals surface area (Å²) in [7, 11) is 0. The normalized spacial score (nSPS) is 15.2. The van der Waals surface area contributed by atoms with Crippen LogP contribution in [0, 0.1) is 13.8 Å². The third kappa shape index (κ3) is 3.95. The van der Waals surface area contributed by atoms with Gasteiger partial charge in [0.05, 0.1) is 11.9 Å². The summed E-state index contributed by atoms with van der Waals surface area (Å²) in [5, 5.41) is 4.34. The molecular formula is C17H21N3O3S2. The summed E-state index contributed by atoms with van der Waals surface area (Å²) < 4.78 is 5.13. The van der Waals surface area contributed by atoms with Crippen molar-refractivity contribution < 1.29 is 14.3 Å². The number of carbonyl (C=O) groups is 2. The van der Waals surface area contributed by atoms with E-state index in [0.29, 0.717) is 23.4 Å². The Balaban J connectivity index is 1.93. The molecule has 0 unspecified atom stereocenters. The summed E-state index contributed by atoms with van der Waals surface area (Å²) in [6.45, 7) is 7.68. The number of hydrogen-bond donors (Lipinski definition) is 1. The molecule has 8 heteroatoms. The Kier molecular flexibility index (Phi) is 5.29. The molecule has 0 aliphatic heterocycles. The highest BCUT2D eigenvalue weighted by Gasteiger charge is 2.27. The average molecular weight is 380 g/mol. The van der Waals surface area contributed by atoms with Crippen LogP contribution in [-0.2, 0) is 9.53 Å². The zero-order valence-corrected chi connectivity index (χ0v) is 16.3. The van der Waals surface area contributed by atoms with Crippen LogP contribution < -0.4 is 5.32 Å². The average Bonchev–Trinajstić information content (AvgIpc) is 3.29. The third-order valence-corrected chi connectivity index (χ3v) is 6.16. The van der Waals surface area contributed by atoms with Crippen LogP contribution >= 0.6 is 23.1 Å². The molecule has 2 aromatic rings. The highest BCUT2D eigenvalue weighted by atomic mass is 32.2. The lowest BCUT2D eigenvalue weighted by atomic mass is 10.2. The fraction of sp³-hybridized carbons (Fsp3) is 0.529. The van der Waals surface area contributed by atoms with E-state index in [0.717, 1.165) is 33.6 Å². The molecule has 0 bridgehead atoms. The van der Waals surface area contributed by atoms with Crippen molar-refractivity contribution >= 4 is 45.2 Å². The lowest BCUT2D eigenvalue weighted by molar-refractivity contribution is -0.120. The molecule has 0 saturated heterocycles. The summed E-state index contributed by atoms with van der Waals surface area (Å²) in [5.41, 5.74) is 0.816. The maximum absolute atomic E-state index is 12.3. The zero-order valence-electron chi connectivity index (χ0n) is 14.7. The standard InChI is InChI=1S/C17H21N3O3S2/c1-5-23-17(22)13-8(2)12-15(18-10(4)19-16(12)25-13)24-9(3)14(21)20-11-6-7-11/h9,11H,5-7H2,1-4H3,(H,20,21)/t9-/m1/s1. The number of aryl methyl sites for hydroxylation is 2. The fourth-order valence-corrected chi connectivity index (χ4v) is 4.69. The Morgan fingerprint density at radius 2 is 2.08 bits per heavy atom. The SMILES string of the molecule is CCOC(=O)c1sc2nc(C)nc(S[C@H](C)C(=O)NC3CC3)c2c1C. The first-order valence-corrected chi connectivity index (χ1v) is 10.0. The monoisotopic (exact) mass is 379 g/mol. The topological polar surface area (TPSA) is 81.2 Å². The molecule has 1 atom stereocenters. The van der Waals surface area contributed by atoms with Crippen LogP contribution in [-0.4, -0.2) is 39.7 Å². The minimum Gasteiger partial charge on any atom is -0.462 e. The number of fused-ring (bicyclic) bond motifs is 1. The quantitative estimate of drug-likeness (QED) is 0.471. The summed E-state index contributed by atoms with van der Waals surface area (Å²) in [4.78, 5) is 34.7. The highest BCUT2D eigenvalue weighted by molar-refractivity contribution is 8.00. The van der Waals surface area contributed by atoms with E-state index in [9.17, 15) is 9.59 Å². The van der Waals surface area contributed by atoms with Crippen LogP contribution in [0.5, 0.6) is 0 Å². The van der Waals surface area contributed by atoms with E-state index >= 15 is 0 Å². The predicted molar refractivity (Wildman–Crippen MR) is 99.3 cm³/mol. The van der Waals surface area contributed by atoms with Gasteiger partial charge in [0.25, 0.3) is 0 Å². The van der Waals surface area contributed by atoms with E-state index in [2.05, 4.69) is 15.3 Å². The summed E-state index contributed by atoms with van der Waals surface area (Å²) >= 11 is 2.73. The van der Waals surface area contributed by atoms with Crippen LogP contribution in [0.2, 0.25) is 0 Å². The van der Waals surface area contributed by atoms with E-state index in [1.165, 1.54) is 23.1 Å². The van der Waals surface area contributed by atoms with Crippen molar-refractivity contribution in [3.8, 4) is 0 Å². The molecule has 1 aliphatic rings. The minimum atomic E-state index is -0.337. The van der Waals surface area contributed by atoms with Gasteiger partial charge in [-0.1, -0.05) is 11.8 Å². The minimum absolute atomic E-state index is 0.0235. The van der Waals surface area contributed by atoms with Crippen molar-refractivity contribution in [2.45, 2.75) is 56.9 Å². The van der Waals surface area contributed by atoms with Gasteiger partial charge < -0.3 is 10.1 Å². The number of ether oxygens (including phenoxy) is 1. The molecule has 1 N–H and O–H groups in total. The maximum Gasteiger partial charge on any atom is 0.348 e. The second-order valence-corrected chi connectivity index (χ2v) is 8.40. The number of rotatable bonds is 6. The Morgan fingerprint density at radius 1 is 1.36 bits per heavy atom. The highest BCUT2D eigenvalue weighted by Crippen LogP contribution is 2.37. The molecule has 2 heterocycles. The molecule has 6 nitrogen and oxygen atoms in total. The number of nitrogens with zero attached hydrogens (tertiary/aromatic N) is 2. The van der Waals surface area contributed by atoms with E-state index < -0.39 is 0 Å². The largest absolute Gasteiger partial charge is 0.462 e. The van der Waals surface area contributed by atoms with Crippen molar-refractivity contribution in [2.75, 3.05) is 6.61 Å². The van der Waals surface area contributed by atoms with E-state index in [1.807, 2.05) is 20.8 Å². The molecule has 0 spiro atoms. The zero-order chi connectivity index (χ0) is 18.1. The molecule has 134 valence electrons. The number of carbonyl (C=O) groups excluding carboxylic acids is 2. The van der Waals surface area contributed by atoms with Gasteiger partial charge >= 0.3 is 5.97 Å². The first-order valence-electron chi connectivity index (χ1n) is 8.32. The van der Waals surface area contributed by atoms with Gasteiger partial charge in [-0.2, -0.15) is 0 Å². The maximum atomic E-state index is 12.3. The molecule has 1 saturated carbocycles. The summed E-state index contributed by atoms with van der Waals surface area (Å²) in [6, 6.07) is 0.334. The number of aromatic nitrogens is 2. The predicted octanol–water partition coefficient (Wildman–Crippen LogP) is 3.24. The van der Waals surface area contributed by atoms with Crippen molar-refractivity contribution in [3.63, 3.8) is 0 Å². The van der Waals surface area contributed by atoms with Gasteiger partial charge in [-0.05, 0) is 46.1 Å². The Hall–Kier alpha value is -1.67. The molecule has 25 heavy (non-hydrogen) atoms. The lowest BCUT2D eigenvalue weighted by Crippen LogP contribution is -2.32. The Labute approximate surface area is 154 Å². The van der Waals surface area contributed by atoms with Crippen molar-refractivity contribution in [1.82, 2.24) is 15.3 Å². The lowest BCUT2D eigenvalue weighted by Gasteiger charge is -2.12. The van der Waals surface area contributed by atoms with Gasteiger partial charge in [0.2, 0.25) is 5.91 Å². The molecule has 1 aliphatic carbocycles. The number of thiophene rings is 1. The fourth-order valence-electron chi connectivity index (χ4n) is 2.45. The van der Waals surface area contributed by atoms with Gasteiger partial charge in [0.1, 0.15) is 20.6 Å². The van der Waals surface area contributed by atoms with Gasteiger partial charge in [-0.15, -0.1) is 11.3 Å². The Bertz CT molecular complexity index is 830. The van der Waals surface area contributed by atoms with Crippen LogP contribution in [0.1, 0.15) is 47.7 Å². The van der Waals surface area contributed by atoms with Crippen molar-refractivity contribution in [2.24, 2.45) is 0 Å². The Morgan fingerprint density at radius 3 is 2.72 bits per heavy atom. The second kappa shape index (κ2) is 7.29. The first kappa shape index (κ1) is 18.1. The third-order valence-electron chi connectivity index (χ3n) is 3.91. The molecule has 0 radical (unpaired) electrons. The number of amides is 1. The van der Waals surface area contributed by atoms with E-state index in [1.54, 1.807) is 6.92 Å². The molecule has 1 fully saturated rings. The van der Waals surface area contributed by atoms with E-state index in [4.69, 9.17) is 4.74 Å². The molecule has 1 amide bonds. The van der Waals surface area contributed by atoms with E-state index in [-0.39, 0.29) is 17.1 Å². The summed E-state index contributed by atoms with van der Waals surface area (Å²) in [5.74, 6) is 0.313. The molecule has 2 aromatic heterocycles. The van der Waals surface area contributed by atoms with Crippen LogP contribution in [0.3, 0.4) is 0 Å². The summed E-state index contributed by atoms with van der Waals surface area (Å²) in [6.07, 6.45) is 2.12. The van der Waals surface area contributed by atoms with Crippen LogP contribution in [0.4, 0.5) is 0 Å². The molecule has 0 aromatic carbocycles. The number of thioether (sulfide) groups is 1. The number of nitrogens with one attached hydrogen (secondary N) is 1. The number of esters is 1. The molecule has 3 rings (SSSR count). The van der Waals surface area contributed by atoms with Gasteiger partial charge in [-0.25, -0.2) is 14.8 Å². The smallest absolute Gasteiger partial charge is 0.348 e. The molecular weight excluding hydrogens is 358 g/mol. The van der Waals surface area contributed by atoms with Crippen molar-refractivity contribution in [3.05, 3.63) is 16.3 Å². The van der Waals surface area contributed by atoms with Gasteiger partial charge in [0, 0.05) is 11.4 Å². The van der Waals surface area contributed by atoms with Gasteiger partial charge in [0.15, 0.2) is 0 Å². The second-order valence-electron chi connectivity index (χ2n) is 6.08. The van der Waals surface area contributed by atoms with Crippen molar-refractivity contribution in [1.29, 1.82) is 0 Å². The van der Waals surface area contributed by atoms with Crippen LogP contribution in [0.25, 0.3) is 10.2 Å². The van der Waals surface area contributed by atoms with Gasteiger partial charge in [-0.3, -0.25) is 4.79 Å².